The van der Waals surface area contributed by atoms with Crippen molar-refractivity contribution < 1.29 is 14.3 Å². The van der Waals surface area contributed by atoms with E-state index in [4.69, 9.17) is 32.7 Å². The van der Waals surface area contributed by atoms with Gasteiger partial charge in [0.05, 0.1) is 28.8 Å². The van der Waals surface area contributed by atoms with Crippen molar-refractivity contribution in [2.45, 2.75) is 26.7 Å². The quantitative estimate of drug-likeness (QED) is 0.430. The average molecular weight is 407 g/mol. The van der Waals surface area contributed by atoms with Gasteiger partial charge in [0.15, 0.2) is 5.52 Å². The number of halogens is 2. The van der Waals surface area contributed by atoms with E-state index in [1.54, 1.807) is 18.2 Å². The van der Waals surface area contributed by atoms with Crippen LogP contribution >= 0.6 is 31.8 Å². The summed E-state index contributed by atoms with van der Waals surface area (Å²) in [7, 11) is -0.131. The summed E-state index contributed by atoms with van der Waals surface area (Å²) in [6.07, 6.45) is 1.81. The van der Waals surface area contributed by atoms with Gasteiger partial charge in [-0.05, 0) is 45.7 Å². The van der Waals surface area contributed by atoms with E-state index in [9.17, 15) is 4.79 Å². The predicted octanol–water partition coefficient (Wildman–Crippen LogP) is 5.07. The van der Waals surface area contributed by atoms with Crippen LogP contribution < -0.4 is 14.8 Å². The van der Waals surface area contributed by atoms with Crippen LogP contribution in [-0.4, -0.2) is 37.6 Å². The van der Waals surface area contributed by atoms with E-state index in [0.717, 1.165) is 23.9 Å². The maximum atomic E-state index is 12.7. The Balaban J connectivity index is 0.00000338. The molecule has 0 radical (unpaired) electrons. The van der Waals surface area contributed by atoms with Gasteiger partial charge >= 0.3 is 18.9 Å². The van der Waals surface area contributed by atoms with Gasteiger partial charge < -0.3 is 9.47 Å². The normalized spacial score (nSPS) is 10.6. The molecule has 0 amide bonds. The molecule has 2 rings (SSSR count). The molecule has 2 aromatic carbocycles. The van der Waals surface area contributed by atoms with Crippen LogP contribution in [0.1, 0.15) is 37.0 Å². The monoisotopic (exact) mass is 406 g/mol. The fraction of sp³-hybridized carbons (Fsp3) is 0.316. The molecule has 0 aliphatic heterocycles. The molecule has 26 heavy (non-hydrogen) atoms. The van der Waals surface area contributed by atoms with Crippen molar-refractivity contribution in [3.8, 4) is 11.5 Å². The predicted molar refractivity (Wildman–Crippen MR) is 114 cm³/mol. The van der Waals surface area contributed by atoms with Crippen LogP contribution in [-0.2, 0) is 0 Å². The van der Waals surface area contributed by atoms with Crippen LogP contribution in [0.2, 0.25) is 10.0 Å². The molecule has 7 heteroatoms. The molecule has 3 nitrogen and oxygen atoms in total. The number of hydrogen-bond acceptors (Lipinski definition) is 3. The second kappa shape index (κ2) is 11.9. The van der Waals surface area contributed by atoms with Crippen molar-refractivity contribution >= 4 is 61.5 Å². The summed E-state index contributed by atoms with van der Waals surface area (Å²) >= 11 is 12.3. The van der Waals surface area contributed by atoms with Crippen molar-refractivity contribution in [2.75, 3.05) is 13.2 Å². The first-order chi connectivity index (χ1) is 12.1. The Morgan fingerprint density at radius 2 is 1.62 bits per heavy atom. The Hall–Kier alpha value is -0.683. The number of ether oxygens (including phenoxy) is 2. The molecule has 0 bridgehead atoms. The molecule has 0 aliphatic rings. The fourth-order valence-electron chi connectivity index (χ4n) is 2.15. The van der Waals surface area contributed by atoms with Gasteiger partial charge in [-0.3, -0.25) is 4.79 Å². The van der Waals surface area contributed by atoms with Gasteiger partial charge in [0.2, 0.25) is 0 Å². The summed E-state index contributed by atoms with van der Waals surface area (Å²) in [6, 6.07) is 10.6. The molecule has 0 spiro atoms. The van der Waals surface area contributed by atoms with Gasteiger partial charge in [-0.25, -0.2) is 0 Å². The Kier molecular flexibility index (Phi) is 10.7. The van der Waals surface area contributed by atoms with E-state index >= 15 is 0 Å². The third-order valence-electron chi connectivity index (χ3n) is 3.33. The topological polar surface area (TPSA) is 35.5 Å². The van der Waals surface area contributed by atoms with Crippen LogP contribution in [0.4, 0.5) is 0 Å². The summed E-state index contributed by atoms with van der Waals surface area (Å²) in [5, 5.41) is 1.55. The molecule has 0 fully saturated rings. The molecule has 1 unspecified atom stereocenters. The molecule has 0 saturated carbocycles. The van der Waals surface area contributed by atoms with Crippen molar-refractivity contribution in [1.29, 1.82) is 0 Å². The van der Waals surface area contributed by atoms with Crippen LogP contribution in [0, 0.1) is 0 Å². The Morgan fingerprint density at radius 3 is 2.23 bits per heavy atom. The summed E-state index contributed by atoms with van der Waals surface area (Å²) in [4.78, 5) is 12.7. The molecular formula is C19H22Cl2LiO3P. The van der Waals surface area contributed by atoms with Gasteiger partial charge in [-0.1, -0.05) is 43.1 Å². The minimum absolute atomic E-state index is 0. The standard InChI is InChI=1S/C19H21Cl2O3P.Li.H/c1-3-10-23-13-8-9-17(16(12-13)24-11-4-2)25-19(22)18-14(20)6-5-7-15(18)21;;/h5-9,12,25H,3-4,10-11H2,1-2H3;;. The number of carbonyl (C=O) groups is 1. The van der Waals surface area contributed by atoms with Gasteiger partial charge in [-0.15, -0.1) is 0 Å². The fourth-order valence-corrected chi connectivity index (χ4v) is 3.95. The number of rotatable bonds is 9. The Bertz CT molecular complexity index is 720. The Labute approximate surface area is 178 Å². The zero-order chi connectivity index (χ0) is 18.2. The van der Waals surface area contributed by atoms with E-state index in [1.165, 1.54) is 0 Å². The first kappa shape index (κ1) is 23.4. The third-order valence-corrected chi connectivity index (χ3v) is 5.12. The van der Waals surface area contributed by atoms with Crippen molar-refractivity contribution in [1.82, 2.24) is 0 Å². The minimum atomic E-state index is -0.131. The SMILES string of the molecule is CCCOc1ccc(PC(=O)c2c(Cl)cccc2Cl)c(OCCC)c1.[LiH]. The van der Waals surface area contributed by atoms with E-state index in [0.29, 0.717) is 34.6 Å². The molecule has 0 saturated heterocycles. The maximum absolute atomic E-state index is 12.7. The number of hydrogen-bond donors (Lipinski definition) is 0. The van der Waals surface area contributed by atoms with Crippen molar-refractivity contribution in [3.05, 3.63) is 52.0 Å². The van der Waals surface area contributed by atoms with Gasteiger partial charge in [0, 0.05) is 11.4 Å². The van der Waals surface area contributed by atoms with E-state index in [2.05, 4.69) is 6.92 Å². The number of carbonyl (C=O) groups excluding carboxylic acids is 1. The van der Waals surface area contributed by atoms with Gasteiger partial charge in [0.25, 0.3) is 0 Å². The Morgan fingerprint density at radius 1 is 1.00 bits per heavy atom. The summed E-state index contributed by atoms with van der Waals surface area (Å²) in [5.41, 5.74) is 0.246. The molecule has 0 aromatic heterocycles. The second-order valence-electron chi connectivity index (χ2n) is 5.41. The number of benzene rings is 2. The van der Waals surface area contributed by atoms with Crippen LogP contribution in [0.15, 0.2) is 36.4 Å². The van der Waals surface area contributed by atoms with E-state index in [-0.39, 0.29) is 33.0 Å². The molecule has 0 aliphatic carbocycles. The van der Waals surface area contributed by atoms with Crippen LogP contribution in [0.3, 0.4) is 0 Å². The molecular weight excluding hydrogens is 385 g/mol. The van der Waals surface area contributed by atoms with Gasteiger partial charge in [-0.2, -0.15) is 0 Å². The van der Waals surface area contributed by atoms with Crippen molar-refractivity contribution in [3.63, 3.8) is 0 Å². The van der Waals surface area contributed by atoms with Crippen LogP contribution in [0.5, 0.6) is 11.5 Å². The van der Waals surface area contributed by atoms with Crippen LogP contribution in [0.25, 0.3) is 0 Å². The third kappa shape index (κ3) is 6.49. The van der Waals surface area contributed by atoms with E-state index in [1.807, 2.05) is 25.1 Å². The van der Waals surface area contributed by atoms with Gasteiger partial charge in [0.1, 0.15) is 11.5 Å². The first-order valence-corrected chi connectivity index (χ1v) is 9.97. The summed E-state index contributed by atoms with van der Waals surface area (Å²) < 4.78 is 11.5. The molecule has 2 aromatic rings. The molecule has 0 N–H and O–H groups in total. The average Bonchev–Trinajstić information content (AvgIpc) is 2.59. The zero-order valence-electron chi connectivity index (χ0n) is 14.3. The second-order valence-corrected chi connectivity index (χ2v) is 7.46. The summed E-state index contributed by atoms with van der Waals surface area (Å²) in [5.74, 6) is 1.41. The zero-order valence-corrected chi connectivity index (χ0v) is 16.8. The molecule has 1 atom stereocenters. The molecule has 0 heterocycles. The molecule has 136 valence electrons. The van der Waals surface area contributed by atoms with Crippen molar-refractivity contribution in [2.24, 2.45) is 0 Å². The summed E-state index contributed by atoms with van der Waals surface area (Å²) in [6.45, 7) is 5.31. The van der Waals surface area contributed by atoms with E-state index < -0.39 is 0 Å². The first-order valence-electron chi connectivity index (χ1n) is 8.21.